The second-order valence-corrected chi connectivity index (χ2v) is 10.5. The Morgan fingerprint density at radius 2 is 1.76 bits per heavy atom. The number of nitrogens with one attached hydrogen (secondary N) is 1. The Hall–Kier alpha value is 0.0969. The minimum absolute atomic E-state index is 0.508. The maximum Gasteiger partial charge on any atom is 0.355 e. The monoisotopic (exact) mass is 313 g/mol. The molecule has 1 saturated carbocycles. The Morgan fingerprint density at radius 3 is 2.48 bits per heavy atom. The van der Waals surface area contributed by atoms with E-state index in [-0.39, 0.29) is 0 Å². The van der Waals surface area contributed by atoms with Crippen LogP contribution >= 0.6 is 0 Å². The number of hydrogen-bond acceptors (Lipinski definition) is 3. The van der Waals surface area contributed by atoms with Crippen LogP contribution in [0.5, 0.6) is 0 Å². The summed E-state index contributed by atoms with van der Waals surface area (Å²) in [5.41, 5.74) is 0.508. The molecule has 3 unspecified atom stereocenters. The molecule has 3 atom stereocenters. The summed E-state index contributed by atoms with van der Waals surface area (Å²) in [4.78, 5) is 0. The van der Waals surface area contributed by atoms with Gasteiger partial charge in [-0.3, -0.25) is 0 Å². The van der Waals surface area contributed by atoms with E-state index in [4.69, 9.17) is 8.85 Å². The molecule has 0 amide bonds. The maximum absolute atomic E-state index is 6.11. The van der Waals surface area contributed by atoms with Crippen LogP contribution in [-0.4, -0.2) is 35.0 Å². The van der Waals surface area contributed by atoms with E-state index < -0.39 is 8.56 Å². The van der Waals surface area contributed by atoms with E-state index in [9.17, 15) is 0 Å². The molecule has 1 heterocycles. The fourth-order valence-corrected chi connectivity index (χ4v) is 8.27. The van der Waals surface area contributed by atoms with E-state index in [0.29, 0.717) is 5.67 Å². The van der Waals surface area contributed by atoms with E-state index in [2.05, 4.69) is 12.2 Å². The first-order valence-corrected chi connectivity index (χ1v) is 11.2. The number of hydrogen-bond donors (Lipinski definition) is 1. The molecule has 4 heteroatoms. The second kappa shape index (κ2) is 8.66. The van der Waals surface area contributed by atoms with Crippen molar-refractivity contribution in [1.82, 2.24) is 5.32 Å². The Kier molecular flexibility index (Phi) is 7.19. The molecule has 0 bridgehead atoms. The minimum atomic E-state index is -2.11. The number of rotatable bonds is 8. The van der Waals surface area contributed by atoms with Gasteiger partial charge in [-0.2, -0.15) is 0 Å². The van der Waals surface area contributed by atoms with Crippen molar-refractivity contribution in [3.63, 3.8) is 0 Å². The van der Waals surface area contributed by atoms with Gasteiger partial charge in [-0.1, -0.05) is 51.9 Å². The molecule has 0 aromatic carbocycles. The van der Waals surface area contributed by atoms with E-state index in [1.165, 1.54) is 57.8 Å². The predicted molar refractivity (Wildman–Crippen MR) is 90.6 cm³/mol. The van der Waals surface area contributed by atoms with Gasteiger partial charge < -0.3 is 14.2 Å². The molecule has 0 aromatic heterocycles. The molecule has 124 valence electrons. The highest BCUT2D eigenvalue weighted by Crippen LogP contribution is 2.41. The zero-order chi connectivity index (χ0) is 15.1. The standard InChI is InChI=1S/C17H35NO2Si/c1-4-5-6-9-14-21(19-2,20-3)17-16-11-8-7-10-15(16)12-13-18-17/h15-18H,4-14H2,1-3H3. The summed E-state index contributed by atoms with van der Waals surface area (Å²) >= 11 is 0. The third kappa shape index (κ3) is 4.09. The average molecular weight is 314 g/mol. The maximum atomic E-state index is 6.11. The molecule has 21 heavy (non-hydrogen) atoms. The lowest BCUT2D eigenvalue weighted by Crippen LogP contribution is -2.65. The van der Waals surface area contributed by atoms with Crippen molar-refractivity contribution in [3.05, 3.63) is 0 Å². The fourth-order valence-electron chi connectivity index (χ4n) is 4.59. The van der Waals surface area contributed by atoms with Gasteiger partial charge >= 0.3 is 8.56 Å². The van der Waals surface area contributed by atoms with Gasteiger partial charge in [0.1, 0.15) is 0 Å². The number of piperidine rings is 1. The third-order valence-electron chi connectivity index (χ3n) is 5.82. The van der Waals surface area contributed by atoms with Crippen LogP contribution in [0.4, 0.5) is 0 Å². The molecule has 1 N–H and O–H groups in total. The molecule has 1 saturated heterocycles. The van der Waals surface area contributed by atoms with Crippen LogP contribution in [0, 0.1) is 11.8 Å². The Balaban J connectivity index is 2.03. The van der Waals surface area contributed by atoms with E-state index >= 15 is 0 Å². The van der Waals surface area contributed by atoms with Crippen molar-refractivity contribution in [3.8, 4) is 0 Å². The largest absolute Gasteiger partial charge is 0.397 e. The molecule has 1 aliphatic carbocycles. The smallest absolute Gasteiger partial charge is 0.355 e. The van der Waals surface area contributed by atoms with Gasteiger partial charge in [0, 0.05) is 14.2 Å². The molecule has 3 nitrogen and oxygen atoms in total. The Morgan fingerprint density at radius 1 is 1.00 bits per heavy atom. The fraction of sp³-hybridized carbons (Fsp3) is 1.00. The lowest BCUT2D eigenvalue weighted by atomic mass is 9.75. The van der Waals surface area contributed by atoms with Crippen LogP contribution in [0.25, 0.3) is 0 Å². The van der Waals surface area contributed by atoms with Crippen LogP contribution < -0.4 is 5.32 Å². The Bertz CT molecular complexity index is 295. The van der Waals surface area contributed by atoms with Crippen LogP contribution in [0.1, 0.15) is 64.7 Å². The van der Waals surface area contributed by atoms with Crippen molar-refractivity contribution >= 4 is 8.56 Å². The second-order valence-electron chi connectivity index (χ2n) is 6.96. The highest BCUT2D eigenvalue weighted by atomic mass is 28.4. The van der Waals surface area contributed by atoms with Gasteiger partial charge in [0.15, 0.2) is 0 Å². The molecule has 0 aromatic rings. The number of unbranched alkanes of at least 4 members (excludes halogenated alkanes) is 3. The van der Waals surface area contributed by atoms with Crippen LogP contribution in [-0.2, 0) is 8.85 Å². The SMILES string of the molecule is CCCCCC[Si](OC)(OC)C1NCCC2CCCCC21. The first kappa shape index (κ1) is 17.5. The summed E-state index contributed by atoms with van der Waals surface area (Å²) in [5.74, 6) is 1.71. The summed E-state index contributed by atoms with van der Waals surface area (Å²) in [7, 11) is 1.67. The molecule has 0 radical (unpaired) electrons. The average Bonchev–Trinajstić information content (AvgIpc) is 2.55. The highest BCUT2D eigenvalue weighted by Gasteiger charge is 2.51. The molecular weight excluding hydrogens is 278 g/mol. The van der Waals surface area contributed by atoms with Gasteiger partial charge in [-0.15, -0.1) is 0 Å². The van der Waals surface area contributed by atoms with Crippen molar-refractivity contribution in [2.24, 2.45) is 11.8 Å². The van der Waals surface area contributed by atoms with E-state index in [0.717, 1.165) is 24.4 Å². The van der Waals surface area contributed by atoms with Crippen LogP contribution in [0.2, 0.25) is 6.04 Å². The van der Waals surface area contributed by atoms with Crippen molar-refractivity contribution in [2.45, 2.75) is 76.4 Å². The van der Waals surface area contributed by atoms with Crippen LogP contribution in [0.3, 0.4) is 0 Å². The number of fused-ring (bicyclic) bond motifs is 1. The molecule has 0 spiro atoms. The quantitative estimate of drug-likeness (QED) is 0.542. The summed E-state index contributed by atoms with van der Waals surface area (Å²) in [6.45, 7) is 3.43. The lowest BCUT2D eigenvalue weighted by Gasteiger charge is -2.48. The van der Waals surface area contributed by atoms with E-state index in [1.807, 2.05) is 14.2 Å². The third-order valence-corrected chi connectivity index (χ3v) is 9.83. The van der Waals surface area contributed by atoms with Gasteiger partial charge in [0.05, 0.1) is 5.67 Å². The molecule has 2 fully saturated rings. The van der Waals surface area contributed by atoms with Gasteiger partial charge in [0.2, 0.25) is 0 Å². The normalized spacial score (nSPS) is 30.1. The minimum Gasteiger partial charge on any atom is -0.397 e. The summed E-state index contributed by atoms with van der Waals surface area (Å²) < 4.78 is 12.2. The molecule has 2 aliphatic rings. The van der Waals surface area contributed by atoms with Crippen molar-refractivity contribution in [1.29, 1.82) is 0 Å². The van der Waals surface area contributed by atoms with Gasteiger partial charge in [-0.25, -0.2) is 0 Å². The van der Waals surface area contributed by atoms with Crippen molar-refractivity contribution < 1.29 is 8.85 Å². The molecule has 1 aliphatic heterocycles. The zero-order valence-corrected chi connectivity index (χ0v) is 15.3. The summed E-state index contributed by atoms with van der Waals surface area (Å²) in [6.07, 6.45) is 12.2. The first-order chi connectivity index (χ1) is 10.3. The highest BCUT2D eigenvalue weighted by molar-refractivity contribution is 6.69. The van der Waals surface area contributed by atoms with Crippen LogP contribution in [0.15, 0.2) is 0 Å². The Labute approximate surface area is 132 Å². The predicted octanol–water partition coefficient (Wildman–Crippen LogP) is 4.01. The van der Waals surface area contributed by atoms with Crippen molar-refractivity contribution in [2.75, 3.05) is 20.8 Å². The summed E-state index contributed by atoms with van der Waals surface area (Å²) in [5, 5.41) is 3.81. The lowest BCUT2D eigenvalue weighted by molar-refractivity contribution is 0.122. The van der Waals surface area contributed by atoms with Gasteiger partial charge in [-0.05, 0) is 37.3 Å². The zero-order valence-electron chi connectivity index (χ0n) is 14.3. The topological polar surface area (TPSA) is 30.5 Å². The molecular formula is C17H35NO2Si. The molecule has 2 rings (SSSR count). The summed E-state index contributed by atoms with van der Waals surface area (Å²) in [6, 6.07) is 1.15. The first-order valence-electron chi connectivity index (χ1n) is 9.11. The van der Waals surface area contributed by atoms with E-state index in [1.54, 1.807) is 0 Å². The van der Waals surface area contributed by atoms with Gasteiger partial charge in [0.25, 0.3) is 0 Å².